The average molecular weight is 199 g/mol. The fourth-order valence-electron chi connectivity index (χ4n) is 1.05. The third-order valence-corrected chi connectivity index (χ3v) is 1.66. The van der Waals surface area contributed by atoms with E-state index in [1.54, 1.807) is 6.92 Å². The standard InChI is InChI=1S/C10H17NO3/c1-6(2)5-8(14-10(11)13)9(12)7(3)4/h6,8H,3,5H2,1-2,4H3,(H2,11,13)/t8-/m0/s1. The molecule has 0 unspecified atom stereocenters. The number of amides is 1. The Balaban J connectivity index is 4.46. The number of primary amides is 1. The Hall–Kier alpha value is -1.32. The van der Waals surface area contributed by atoms with Crippen LogP contribution in [-0.2, 0) is 9.53 Å². The molecule has 0 aromatic rings. The van der Waals surface area contributed by atoms with E-state index in [-0.39, 0.29) is 11.7 Å². The highest BCUT2D eigenvalue weighted by molar-refractivity contribution is 5.98. The molecule has 4 heteroatoms. The summed E-state index contributed by atoms with van der Waals surface area (Å²) in [5.41, 5.74) is 5.24. The lowest BCUT2D eigenvalue weighted by atomic mass is 10.00. The third kappa shape index (κ3) is 4.64. The summed E-state index contributed by atoms with van der Waals surface area (Å²) in [6, 6.07) is 0. The van der Waals surface area contributed by atoms with Crippen molar-refractivity contribution in [2.24, 2.45) is 11.7 Å². The monoisotopic (exact) mass is 199 g/mol. The van der Waals surface area contributed by atoms with Gasteiger partial charge in [0.05, 0.1) is 0 Å². The SMILES string of the molecule is C=C(C)C(=O)[C@H](CC(C)C)OC(N)=O. The first kappa shape index (κ1) is 12.7. The number of carbonyl (C=O) groups is 2. The second-order valence-corrected chi connectivity index (χ2v) is 3.70. The number of hydrogen-bond acceptors (Lipinski definition) is 3. The van der Waals surface area contributed by atoms with Gasteiger partial charge >= 0.3 is 6.09 Å². The van der Waals surface area contributed by atoms with Crippen molar-refractivity contribution >= 4 is 11.9 Å². The molecule has 0 heterocycles. The minimum atomic E-state index is -0.926. The quantitative estimate of drug-likeness (QED) is 0.684. The Morgan fingerprint density at radius 1 is 1.43 bits per heavy atom. The van der Waals surface area contributed by atoms with Crippen LogP contribution in [0.1, 0.15) is 27.2 Å². The second kappa shape index (κ2) is 5.42. The smallest absolute Gasteiger partial charge is 0.405 e. The van der Waals surface area contributed by atoms with Gasteiger partial charge in [-0.25, -0.2) is 4.79 Å². The van der Waals surface area contributed by atoms with Crippen molar-refractivity contribution in [2.45, 2.75) is 33.3 Å². The molecule has 4 nitrogen and oxygen atoms in total. The lowest BCUT2D eigenvalue weighted by Crippen LogP contribution is -2.31. The number of carbonyl (C=O) groups excluding carboxylic acids is 2. The summed E-state index contributed by atoms with van der Waals surface area (Å²) in [7, 11) is 0. The molecule has 0 rings (SSSR count). The topological polar surface area (TPSA) is 69.4 Å². The van der Waals surface area contributed by atoms with Crippen LogP contribution in [0.5, 0.6) is 0 Å². The molecule has 0 aliphatic carbocycles. The molecule has 0 spiro atoms. The van der Waals surface area contributed by atoms with E-state index in [0.29, 0.717) is 12.0 Å². The first-order valence-electron chi connectivity index (χ1n) is 4.50. The van der Waals surface area contributed by atoms with Crippen LogP contribution in [0.3, 0.4) is 0 Å². The van der Waals surface area contributed by atoms with Crippen LogP contribution < -0.4 is 5.73 Å². The van der Waals surface area contributed by atoms with Crippen LogP contribution in [-0.4, -0.2) is 18.0 Å². The molecular weight excluding hydrogens is 182 g/mol. The Labute approximate surface area is 84.1 Å². The summed E-state index contributed by atoms with van der Waals surface area (Å²) in [4.78, 5) is 22.0. The van der Waals surface area contributed by atoms with Gasteiger partial charge in [0.2, 0.25) is 0 Å². The summed E-state index contributed by atoms with van der Waals surface area (Å²) in [5, 5.41) is 0. The molecule has 80 valence electrons. The molecule has 0 fully saturated rings. The number of Topliss-reactive ketones (excluding diaryl/α,β-unsaturated/α-hetero) is 1. The number of ether oxygens (including phenoxy) is 1. The molecule has 0 bridgehead atoms. The van der Waals surface area contributed by atoms with Crippen LogP contribution in [0.2, 0.25) is 0 Å². The fraction of sp³-hybridized carbons (Fsp3) is 0.600. The molecule has 0 aromatic carbocycles. The number of hydrogen-bond donors (Lipinski definition) is 1. The van der Waals surface area contributed by atoms with Crippen molar-refractivity contribution in [3.8, 4) is 0 Å². The molecule has 14 heavy (non-hydrogen) atoms. The zero-order valence-corrected chi connectivity index (χ0v) is 8.87. The number of nitrogens with two attached hydrogens (primary N) is 1. The average Bonchev–Trinajstić information content (AvgIpc) is 1.99. The molecule has 0 aliphatic rings. The van der Waals surface area contributed by atoms with E-state index < -0.39 is 12.2 Å². The minimum Gasteiger partial charge on any atom is -0.438 e. The zero-order valence-electron chi connectivity index (χ0n) is 8.87. The molecule has 2 N–H and O–H groups in total. The second-order valence-electron chi connectivity index (χ2n) is 3.70. The first-order valence-corrected chi connectivity index (χ1v) is 4.50. The Morgan fingerprint density at radius 2 is 1.93 bits per heavy atom. The van der Waals surface area contributed by atoms with E-state index >= 15 is 0 Å². The predicted octanol–water partition coefficient (Wildman–Crippen LogP) is 1.64. The number of ketones is 1. The first-order chi connectivity index (χ1) is 6.34. The maximum absolute atomic E-state index is 11.5. The van der Waals surface area contributed by atoms with Gasteiger partial charge in [-0.05, 0) is 24.8 Å². The molecule has 0 aromatic heterocycles. The largest absolute Gasteiger partial charge is 0.438 e. The maximum Gasteiger partial charge on any atom is 0.405 e. The lowest BCUT2D eigenvalue weighted by Gasteiger charge is -2.17. The molecule has 1 amide bonds. The van der Waals surface area contributed by atoms with Crippen LogP contribution in [0.4, 0.5) is 4.79 Å². The van der Waals surface area contributed by atoms with Gasteiger partial charge in [0.25, 0.3) is 0 Å². The normalized spacial score (nSPS) is 12.3. The van der Waals surface area contributed by atoms with E-state index in [1.807, 2.05) is 13.8 Å². The van der Waals surface area contributed by atoms with Crippen LogP contribution in [0, 0.1) is 5.92 Å². The summed E-state index contributed by atoms with van der Waals surface area (Å²) >= 11 is 0. The summed E-state index contributed by atoms with van der Waals surface area (Å²) < 4.78 is 4.71. The maximum atomic E-state index is 11.5. The van der Waals surface area contributed by atoms with E-state index in [0.717, 1.165) is 0 Å². The molecule has 0 saturated heterocycles. The van der Waals surface area contributed by atoms with Crippen molar-refractivity contribution in [1.29, 1.82) is 0 Å². The van der Waals surface area contributed by atoms with E-state index in [2.05, 4.69) is 6.58 Å². The minimum absolute atomic E-state index is 0.252. The molecule has 0 saturated carbocycles. The van der Waals surface area contributed by atoms with Gasteiger partial charge in [-0.1, -0.05) is 20.4 Å². The van der Waals surface area contributed by atoms with Crippen LogP contribution in [0.15, 0.2) is 12.2 Å². The summed E-state index contributed by atoms with van der Waals surface area (Å²) in [6.45, 7) is 8.96. The van der Waals surface area contributed by atoms with Crippen LogP contribution in [0.25, 0.3) is 0 Å². The molecule has 0 radical (unpaired) electrons. The lowest BCUT2D eigenvalue weighted by molar-refractivity contribution is -0.124. The third-order valence-electron chi connectivity index (χ3n) is 1.66. The van der Waals surface area contributed by atoms with Gasteiger partial charge in [0, 0.05) is 0 Å². The van der Waals surface area contributed by atoms with Gasteiger partial charge in [0.15, 0.2) is 11.9 Å². The molecular formula is C10H17NO3. The van der Waals surface area contributed by atoms with Crippen LogP contribution >= 0.6 is 0 Å². The van der Waals surface area contributed by atoms with E-state index in [9.17, 15) is 9.59 Å². The van der Waals surface area contributed by atoms with Gasteiger partial charge in [-0.15, -0.1) is 0 Å². The molecule has 0 aliphatic heterocycles. The van der Waals surface area contributed by atoms with Crippen molar-refractivity contribution in [3.05, 3.63) is 12.2 Å². The zero-order chi connectivity index (χ0) is 11.3. The van der Waals surface area contributed by atoms with E-state index in [1.165, 1.54) is 0 Å². The number of rotatable bonds is 5. The Morgan fingerprint density at radius 3 is 2.21 bits per heavy atom. The van der Waals surface area contributed by atoms with Crippen molar-refractivity contribution in [2.75, 3.05) is 0 Å². The Kier molecular flexibility index (Phi) is 4.91. The van der Waals surface area contributed by atoms with Gasteiger partial charge in [-0.2, -0.15) is 0 Å². The molecule has 1 atom stereocenters. The summed E-state index contributed by atoms with van der Waals surface area (Å²) in [6.07, 6.45) is -1.25. The van der Waals surface area contributed by atoms with Crippen molar-refractivity contribution in [1.82, 2.24) is 0 Å². The highest BCUT2D eigenvalue weighted by Crippen LogP contribution is 2.12. The van der Waals surface area contributed by atoms with Gasteiger partial charge < -0.3 is 10.5 Å². The summed E-state index contributed by atoms with van der Waals surface area (Å²) in [5.74, 6) is -0.0138. The highest BCUT2D eigenvalue weighted by Gasteiger charge is 2.23. The van der Waals surface area contributed by atoms with Crippen molar-refractivity contribution in [3.63, 3.8) is 0 Å². The van der Waals surface area contributed by atoms with Gasteiger partial charge in [0.1, 0.15) is 0 Å². The van der Waals surface area contributed by atoms with Gasteiger partial charge in [-0.3, -0.25) is 4.79 Å². The predicted molar refractivity (Wildman–Crippen MR) is 53.7 cm³/mol. The fourth-order valence-corrected chi connectivity index (χ4v) is 1.05. The van der Waals surface area contributed by atoms with E-state index in [4.69, 9.17) is 10.5 Å². The highest BCUT2D eigenvalue weighted by atomic mass is 16.6. The van der Waals surface area contributed by atoms with Crippen molar-refractivity contribution < 1.29 is 14.3 Å². The Bertz CT molecular complexity index is 246.